The molecule has 4 heterocycles. The zero-order valence-corrected chi connectivity index (χ0v) is 14.5. The average molecular weight is 349 g/mol. The van der Waals surface area contributed by atoms with Gasteiger partial charge in [0, 0.05) is 31.8 Å². The summed E-state index contributed by atoms with van der Waals surface area (Å²) in [6.45, 7) is 3.30. The molecule has 24 heavy (non-hydrogen) atoms. The summed E-state index contributed by atoms with van der Waals surface area (Å²) in [5.74, 6) is 0.798. The topological polar surface area (TPSA) is 78.5 Å². The van der Waals surface area contributed by atoms with E-state index in [1.165, 1.54) is 0 Å². The fourth-order valence-corrected chi connectivity index (χ4v) is 3.56. The highest BCUT2D eigenvalue weighted by atomic mass is 35.5. The SMILES string of the molecule is CN1CCc2c(C#N)c(NCC3CCCO3)n3cnnc3c2C1.Cl. The van der Waals surface area contributed by atoms with Gasteiger partial charge < -0.3 is 15.0 Å². The Morgan fingerprint density at radius 3 is 3.08 bits per heavy atom. The van der Waals surface area contributed by atoms with E-state index in [1.54, 1.807) is 6.33 Å². The fourth-order valence-electron chi connectivity index (χ4n) is 3.56. The zero-order valence-electron chi connectivity index (χ0n) is 13.7. The van der Waals surface area contributed by atoms with Crippen LogP contribution in [0.2, 0.25) is 0 Å². The first-order chi connectivity index (χ1) is 11.3. The summed E-state index contributed by atoms with van der Waals surface area (Å²) in [6, 6.07) is 2.40. The highest BCUT2D eigenvalue weighted by Crippen LogP contribution is 2.30. The number of rotatable bonds is 3. The first-order valence-electron chi connectivity index (χ1n) is 8.09. The minimum absolute atomic E-state index is 0. The van der Waals surface area contributed by atoms with Crippen LogP contribution in [0.15, 0.2) is 6.33 Å². The third kappa shape index (κ3) is 2.81. The van der Waals surface area contributed by atoms with Crippen molar-refractivity contribution < 1.29 is 4.74 Å². The number of hydrogen-bond donors (Lipinski definition) is 1. The van der Waals surface area contributed by atoms with Crippen molar-refractivity contribution in [1.82, 2.24) is 19.5 Å². The summed E-state index contributed by atoms with van der Waals surface area (Å²) in [5.41, 5.74) is 3.80. The van der Waals surface area contributed by atoms with E-state index in [1.807, 2.05) is 4.40 Å². The monoisotopic (exact) mass is 348 g/mol. The normalized spacial score (nSPS) is 20.4. The molecule has 2 aliphatic heterocycles. The van der Waals surface area contributed by atoms with E-state index in [0.717, 1.165) is 67.1 Å². The van der Waals surface area contributed by atoms with Crippen LogP contribution in [0.3, 0.4) is 0 Å². The molecule has 1 N–H and O–H groups in total. The van der Waals surface area contributed by atoms with Crippen LogP contribution in [-0.2, 0) is 17.7 Å². The predicted octanol–water partition coefficient (Wildman–Crippen LogP) is 1.60. The lowest BCUT2D eigenvalue weighted by Crippen LogP contribution is -2.29. The number of nitriles is 1. The van der Waals surface area contributed by atoms with E-state index in [4.69, 9.17) is 4.74 Å². The second-order valence-electron chi connectivity index (χ2n) is 6.32. The van der Waals surface area contributed by atoms with E-state index in [-0.39, 0.29) is 18.5 Å². The zero-order chi connectivity index (χ0) is 15.8. The molecule has 8 heteroatoms. The summed E-state index contributed by atoms with van der Waals surface area (Å²) in [7, 11) is 2.09. The van der Waals surface area contributed by atoms with E-state index >= 15 is 0 Å². The van der Waals surface area contributed by atoms with Gasteiger partial charge in [-0.3, -0.25) is 4.40 Å². The summed E-state index contributed by atoms with van der Waals surface area (Å²) < 4.78 is 7.58. The molecule has 0 bridgehead atoms. The molecule has 2 aromatic heterocycles. The van der Waals surface area contributed by atoms with E-state index in [9.17, 15) is 5.26 Å². The number of ether oxygens (including phenoxy) is 1. The number of pyridine rings is 1. The number of nitrogens with one attached hydrogen (secondary N) is 1. The van der Waals surface area contributed by atoms with Gasteiger partial charge in [0.05, 0.1) is 11.7 Å². The maximum absolute atomic E-state index is 9.74. The van der Waals surface area contributed by atoms with Gasteiger partial charge in [0.15, 0.2) is 5.65 Å². The molecule has 2 aliphatic rings. The van der Waals surface area contributed by atoms with Crippen LogP contribution in [0.5, 0.6) is 0 Å². The van der Waals surface area contributed by atoms with Crippen molar-refractivity contribution in [2.75, 3.05) is 32.1 Å². The van der Waals surface area contributed by atoms with Crippen molar-refractivity contribution in [1.29, 1.82) is 5.26 Å². The number of hydrogen-bond acceptors (Lipinski definition) is 6. The van der Waals surface area contributed by atoms with Crippen molar-refractivity contribution in [3.63, 3.8) is 0 Å². The van der Waals surface area contributed by atoms with Crippen LogP contribution < -0.4 is 5.32 Å². The first kappa shape index (κ1) is 17.0. The standard InChI is InChI=1S/C16H20N6O.ClH/c1-21-5-4-12-13(7-17)15(18-8-11-3-2-6-23-11)22-10-19-20-16(22)14(12)9-21;/h10-11,18H,2-6,8-9H2,1H3;1H. The minimum atomic E-state index is 0. The quantitative estimate of drug-likeness (QED) is 0.907. The Hall–Kier alpha value is -1.88. The molecule has 4 rings (SSSR count). The van der Waals surface area contributed by atoms with Gasteiger partial charge in [-0.05, 0) is 31.9 Å². The molecule has 0 amide bonds. The number of fused-ring (bicyclic) bond motifs is 3. The van der Waals surface area contributed by atoms with E-state index < -0.39 is 0 Å². The molecule has 7 nitrogen and oxygen atoms in total. The van der Waals surface area contributed by atoms with Gasteiger partial charge in [-0.2, -0.15) is 5.26 Å². The predicted molar refractivity (Wildman–Crippen MR) is 92.5 cm³/mol. The number of likely N-dealkylation sites (N-methyl/N-ethyl adjacent to an activating group) is 1. The molecule has 1 saturated heterocycles. The summed E-state index contributed by atoms with van der Waals surface area (Å²) in [4.78, 5) is 2.25. The van der Waals surface area contributed by atoms with Crippen LogP contribution in [-0.4, -0.2) is 52.3 Å². The lowest BCUT2D eigenvalue weighted by atomic mass is 9.96. The van der Waals surface area contributed by atoms with Crippen molar-refractivity contribution >= 4 is 23.9 Å². The number of aromatic nitrogens is 3. The molecule has 1 atom stereocenters. The Morgan fingerprint density at radius 1 is 1.46 bits per heavy atom. The van der Waals surface area contributed by atoms with E-state index in [0.29, 0.717) is 6.54 Å². The number of anilines is 1. The minimum Gasteiger partial charge on any atom is -0.376 e. The Labute approximate surface area is 147 Å². The molecule has 1 fully saturated rings. The van der Waals surface area contributed by atoms with Crippen molar-refractivity contribution in [3.8, 4) is 6.07 Å². The summed E-state index contributed by atoms with van der Waals surface area (Å²) in [6.07, 6.45) is 4.94. The highest BCUT2D eigenvalue weighted by molar-refractivity contribution is 5.85. The molecule has 1 unspecified atom stereocenters. The molecular formula is C16H21ClN6O. The van der Waals surface area contributed by atoms with Gasteiger partial charge in [0.25, 0.3) is 0 Å². The van der Waals surface area contributed by atoms with Gasteiger partial charge in [-0.15, -0.1) is 22.6 Å². The van der Waals surface area contributed by atoms with Crippen LogP contribution >= 0.6 is 12.4 Å². The van der Waals surface area contributed by atoms with Crippen LogP contribution in [0, 0.1) is 11.3 Å². The molecule has 128 valence electrons. The summed E-state index contributed by atoms with van der Waals surface area (Å²) in [5, 5.41) is 21.5. The molecule has 0 spiro atoms. The van der Waals surface area contributed by atoms with Gasteiger partial charge in [0.2, 0.25) is 0 Å². The third-order valence-electron chi connectivity index (χ3n) is 4.77. The lowest BCUT2D eigenvalue weighted by Gasteiger charge is -2.27. The molecular weight excluding hydrogens is 328 g/mol. The van der Waals surface area contributed by atoms with Crippen molar-refractivity contribution in [3.05, 3.63) is 23.0 Å². The van der Waals surface area contributed by atoms with Gasteiger partial charge in [-0.25, -0.2) is 0 Å². The van der Waals surface area contributed by atoms with E-state index in [2.05, 4.69) is 33.5 Å². The molecule has 0 aromatic carbocycles. The smallest absolute Gasteiger partial charge is 0.167 e. The maximum atomic E-state index is 9.74. The lowest BCUT2D eigenvalue weighted by molar-refractivity contribution is 0.120. The Balaban J connectivity index is 0.00000169. The molecule has 2 aromatic rings. The Bertz CT molecular complexity index is 777. The Kier molecular flexibility index (Phi) is 4.90. The van der Waals surface area contributed by atoms with Crippen LogP contribution in [0.25, 0.3) is 5.65 Å². The third-order valence-corrected chi connectivity index (χ3v) is 4.77. The summed E-state index contributed by atoms with van der Waals surface area (Å²) >= 11 is 0. The molecule has 0 aliphatic carbocycles. The highest BCUT2D eigenvalue weighted by Gasteiger charge is 2.25. The fraction of sp³-hybridized carbons (Fsp3) is 0.562. The average Bonchev–Trinajstić information content (AvgIpc) is 3.23. The van der Waals surface area contributed by atoms with Crippen molar-refractivity contribution in [2.45, 2.75) is 31.9 Å². The number of halogens is 1. The largest absolute Gasteiger partial charge is 0.376 e. The second kappa shape index (κ2) is 6.93. The molecule has 0 radical (unpaired) electrons. The molecule has 0 saturated carbocycles. The second-order valence-corrected chi connectivity index (χ2v) is 6.32. The Morgan fingerprint density at radius 2 is 2.33 bits per heavy atom. The number of nitrogens with zero attached hydrogens (tertiary/aromatic N) is 5. The van der Waals surface area contributed by atoms with Crippen LogP contribution in [0.4, 0.5) is 5.82 Å². The van der Waals surface area contributed by atoms with Gasteiger partial charge in [0.1, 0.15) is 18.2 Å². The van der Waals surface area contributed by atoms with Gasteiger partial charge >= 0.3 is 0 Å². The maximum Gasteiger partial charge on any atom is 0.167 e. The first-order valence-corrected chi connectivity index (χ1v) is 8.09. The van der Waals surface area contributed by atoms with Crippen LogP contribution in [0.1, 0.15) is 29.5 Å². The van der Waals surface area contributed by atoms with Crippen molar-refractivity contribution in [2.24, 2.45) is 0 Å². The van der Waals surface area contributed by atoms with Gasteiger partial charge in [-0.1, -0.05) is 0 Å².